The van der Waals surface area contributed by atoms with E-state index in [0.29, 0.717) is 6.07 Å². The van der Waals surface area contributed by atoms with Crippen LogP contribution in [0.25, 0.3) is 11.3 Å². The van der Waals surface area contributed by atoms with Gasteiger partial charge >= 0.3 is 0 Å². The lowest BCUT2D eigenvalue weighted by molar-refractivity contribution is 0.496. The molecule has 1 heterocycles. The minimum Gasteiger partial charge on any atom is -0.382 e. The summed E-state index contributed by atoms with van der Waals surface area (Å²) in [6, 6.07) is 0.564. The third kappa shape index (κ3) is 1.90. The lowest BCUT2D eigenvalue weighted by atomic mass is 10.1. The highest BCUT2D eigenvalue weighted by molar-refractivity contribution is 6.31. The van der Waals surface area contributed by atoms with Gasteiger partial charge in [-0.25, -0.2) is 13.2 Å². The molecule has 0 saturated carbocycles. The SMILES string of the molecule is Nc1nnc(-c2cc(F)c(F)c(Cl)c2F)c(N)n1. The number of halogens is 4. The Morgan fingerprint density at radius 2 is 1.72 bits per heavy atom. The van der Waals surface area contributed by atoms with Gasteiger partial charge in [0.1, 0.15) is 10.7 Å². The smallest absolute Gasteiger partial charge is 0.242 e. The molecule has 1 aromatic heterocycles. The number of anilines is 2. The Morgan fingerprint density at radius 1 is 1.06 bits per heavy atom. The van der Waals surface area contributed by atoms with E-state index in [1.54, 1.807) is 0 Å². The van der Waals surface area contributed by atoms with Crippen molar-refractivity contribution in [3.05, 3.63) is 28.5 Å². The monoisotopic (exact) mass is 275 g/mol. The highest BCUT2D eigenvalue weighted by atomic mass is 35.5. The Balaban J connectivity index is 2.72. The van der Waals surface area contributed by atoms with Gasteiger partial charge < -0.3 is 11.5 Å². The number of nitrogen functional groups attached to an aromatic ring is 2. The molecule has 0 bridgehead atoms. The first kappa shape index (κ1) is 12.4. The first-order valence-electron chi connectivity index (χ1n) is 4.51. The number of benzene rings is 1. The van der Waals surface area contributed by atoms with E-state index in [4.69, 9.17) is 23.1 Å². The molecule has 0 aliphatic rings. The number of rotatable bonds is 1. The van der Waals surface area contributed by atoms with Crippen LogP contribution in [0.2, 0.25) is 5.02 Å². The van der Waals surface area contributed by atoms with Gasteiger partial charge in [-0.2, -0.15) is 4.98 Å². The van der Waals surface area contributed by atoms with Gasteiger partial charge in [0.15, 0.2) is 23.3 Å². The molecule has 0 saturated heterocycles. The van der Waals surface area contributed by atoms with E-state index in [1.807, 2.05) is 0 Å². The molecule has 2 rings (SSSR count). The van der Waals surface area contributed by atoms with Crippen molar-refractivity contribution in [1.82, 2.24) is 15.2 Å². The third-order valence-electron chi connectivity index (χ3n) is 2.09. The largest absolute Gasteiger partial charge is 0.382 e. The number of hydrogen-bond donors (Lipinski definition) is 2. The summed E-state index contributed by atoms with van der Waals surface area (Å²) in [5.41, 5.74) is 9.93. The summed E-state index contributed by atoms with van der Waals surface area (Å²) in [5.74, 6) is -4.54. The van der Waals surface area contributed by atoms with Gasteiger partial charge in [-0.1, -0.05) is 11.6 Å². The van der Waals surface area contributed by atoms with Crippen molar-refractivity contribution in [3.8, 4) is 11.3 Å². The summed E-state index contributed by atoms with van der Waals surface area (Å²) in [4.78, 5) is 3.53. The molecule has 5 nitrogen and oxygen atoms in total. The Labute approximate surface area is 104 Å². The number of nitrogens with zero attached hydrogens (tertiary/aromatic N) is 3. The zero-order chi connectivity index (χ0) is 13.4. The summed E-state index contributed by atoms with van der Waals surface area (Å²) < 4.78 is 39.8. The van der Waals surface area contributed by atoms with Crippen LogP contribution in [0.4, 0.5) is 24.9 Å². The molecule has 18 heavy (non-hydrogen) atoms. The van der Waals surface area contributed by atoms with Gasteiger partial charge in [-0.3, -0.25) is 0 Å². The van der Waals surface area contributed by atoms with Gasteiger partial charge in [0.2, 0.25) is 5.95 Å². The molecule has 94 valence electrons. The lowest BCUT2D eigenvalue weighted by Gasteiger charge is -2.07. The first-order valence-corrected chi connectivity index (χ1v) is 4.88. The highest BCUT2D eigenvalue weighted by Gasteiger charge is 2.21. The van der Waals surface area contributed by atoms with Gasteiger partial charge in [-0.15, -0.1) is 10.2 Å². The standard InChI is InChI=1S/C9H5ClF3N5/c10-4-5(12)2(1-3(11)6(4)13)7-8(14)16-9(15)18-17-7/h1H,(H4,14,15,16,18). The second-order valence-electron chi connectivity index (χ2n) is 3.25. The first-order chi connectivity index (χ1) is 8.41. The third-order valence-corrected chi connectivity index (χ3v) is 2.42. The van der Waals surface area contributed by atoms with Gasteiger partial charge in [0.25, 0.3) is 0 Å². The van der Waals surface area contributed by atoms with Gasteiger partial charge in [0.05, 0.1) is 0 Å². The fourth-order valence-corrected chi connectivity index (χ4v) is 1.48. The fraction of sp³-hybridized carbons (Fsp3) is 0. The summed E-state index contributed by atoms with van der Waals surface area (Å²) in [6.45, 7) is 0. The lowest BCUT2D eigenvalue weighted by Crippen LogP contribution is -2.06. The van der Waals surface area contributed by atoms with E-state index in [9.17, 15) is 13.2 Å². The molecule has 0 amide bonds. The quantitative estimate of drug-likeness (QED) is 0.611. The zero-order valence-electron chi connectivity index (χ0n) is 8.59. The Bertz CT molecular complexity index is 634. The predicted octanol–water partition coefficient (Wildman–Crippen LogP) is 1.77. The summed E-state index contributed by atoms with van der Waals surface area (Å²) >= 11 is 5.30. The molecule has 0 fully saturated rings. The zero-order valence-corrected chi connectivity index (χ0v) is 9.34. The average Bonchev–Trinajstić information content (AvgIpc) is 2.32. The normalized spacial score (nSPS) is 10.7. The fourth-order valence-electron chi connectivity index (χ4n) is 1.29. The summed E-state index contributed by atoms with van der Waals surface area (Å²) in [7, 11) is 0. The van der Waals surface area contributed by atoms with E-state index in [0.717, 1.165) is 0 Å². The van der Waals surface area contributed by atoms with Crippen molar-refractivity contribution >= 4 is 23.4 Å². The molecule has 2 aromatic rings. The van der Waals surface area contributed by atoms with Crippen LogP contribution in [0.3, 0.4) is 0 Å². The molecule has 0 aliphatic heterocycles. The van der Waals surface area contributed by atoms with Crippen molar-refractivity contribution in [2.45, 2.75) is 0 Å². The maximum atomic E-state index is 13.7. The van der Waals surface area contributed by atoms with Crippen LogP contribution in [0.5, 0.6) is 0 Å². The van der Waals surface area contributed by atoms with Crippen LogP contribution in [0, 0.1) is 17.5 Å². The van der Waals surface area contributed by atoms with E-state index in [1.165, 1.54) is 0 Å². The number of nitrogens with two attached hydrogens (primary N) is 2. The van der Waals surface area contributed by atoms with Crippen molar-refractivity contribution in [1.29, 1.82) is 0 Å². The topological polar surface area (TPSA) is 90.7 Å². The summed E-state index contributed by atoms with van der Waals surface area (Å²) in [5, 5.41) is 5.82. The van der Waals surface area contributed by atoms with E-state index >= 15 is 0 Å². The predicted molar refractivity (Wildman–Crippen MR) is 59.0 cm³/mol. The minimum absolute atomic E-state index is 0.231. The maximum Gasteiger partial charge on any atom is 0.242 e. The Morgan fingerprint density at radius 3 is 2.33 bits per heavy atom. The van der Waals surface area contributed by atoms with Crippen molar-refractivity contribution in [3.63, 3.8) is 0 Å². The number of hydrogen-bond acceptors (Lipinski definition) is 5. The van der Waals surface area contributed by atoms with Crippen LogP contribution < -0.4 is 11.5 Å². The molecule has 4 N–H and O–H groups in total. The molecule has 1 aromatic carbocycles. The van der Waals surface area contributed by atoms with Crippen LogP contribution in [0.1, 0.15) is 0 Å². The van der Waals surface area contributed by atoms with Crippen LogP contribution >= 0.6 is 11.6 Å². The van der Waals surface area contributed by atoms with Crippen molar-refractivity contribution in [2.24, 2.45) is 0 Å². The second-order valence-corrected chi connectivity index (χ2v) is 3.63. The van der Waals surface area contributed by atoms with E-state index < -0.39 is 28.0 Å². The molecule has 0 atom stereocenters. The second kappa shape index (κ2) is 4.30. The maximum absolute atomic E-state index is 13.7. The minimum atomic E-state index is -1.49. The van der Waals surface area contributed by atoms with Crippen molar-refractivity contribution < 1.29 is 13.2 Å². The molecule has 0 unspecified atom stereocenters. The van der Waals surface area contributed by atoms with E-state index in [2.05, 4.69) is 15.2 Å². The Hall–Kier alpha value is -2.09. The van der Waals surface area contributed by atoms with Crippen LogP contribution in [0.15, 0.2) is 6.07 Å². The van der Waals surface area contributed by atoms with Crippen LogP contribution in [-0.4, -0.2) is 15.2 Å². The molecule has 0 aliphatic carbocycles. The summed E-state index contributed by atoms with van der Waals surface area (Å²) in [6.07, 6.45) is 0. The highest BCUT2D eigenvalue weighted by Crippen LogP contribution is 2.32. The molecular weight excluding hydrogens is 271 g/mol. The van der Waals surface area contributed by atoms with Crippen molar-refractivity contribution in [2.75, 3.05) is 11.5 Å². The molecule has 0 spiro atoms. The molecule has 9 heteroatoms. The van der Waals surface area contributed by atoms with E-state index in [-0.39, 0.29) is 17.5 Å². The van der Waals surface area contributed by atoms with Gasteiger partial charge in [0, 0.05) is 5.56 Å². The van der Waals surface area contributed by atoms with Crippen LogP contribution in [-0.2, 0) is 0 Å². The number of aromatic nitrogens is 3. The molecular formula is C9H5ClF3N5. The Kier molecular flexibility index (Phi) is 2.95. The average molecular weight is 276 g/mol. The van der Waals surface area contributed by atoms with Gasteiger partial charge in [-0.05, 0) is 6.07 Å². The molecule has 0 radical (unpaired) electrons.